The Morgan fingerprint density at radius 3 is 2.53 bits per heavy atom. The second-order valence-corrected chi connectivity index (χ2v) is 5.94. The summed E-state index contributed by atoms with van der Waals surface area (Å²) < 4.78 is 0. The zero-order chi connectivity index (χ0) is 14.1. The van der Waals surface area contributed by atoms with Crippen LogP contribution in [-0.4, -0.2) is 29.7 Å². The van der Waals surface area contributed by atoms with Gasteiger partial charge < -0.3 is 16.2 Å². The topological polar surface area (TPSA) is 75.4 Å². The number of nitrogens with two attached hydrogens (primary N) is 1. The van der Waals surface area contributed by atoms with Crippen LogP contribution in [0.25, 0.3) is 0 Å². The molecule has 0 aromatic heterocycles. The zero-order valence-corrected chi connectivity index (χ0v) is 12.3. The van der Waals surface area contributed by atoms with Crippen LogP contribution in [0.5, 0.6) is 0 Å². The number of carbonyl (C=O) groups is 1. The van der Waals surface area contributed by atoms with Gasteiger partial charge in [0.2, 0.25) is 5.91 Å². The Bertz CT molecular complexity index is 263. The van der Waals surface area contributed by atoms with Gasteiger partial charge in [-0.3, -0.25) is 4.79 Å². The fraction of sp³-hybridized carbons (Fsp3) is 0.933. The van der Waals surface area contributed by atoms with Crippen LogP contribution in [0.15, 0.2) is 0 Å². The van der Waals surface area contributed by atoms with Crippen molar-refractivity contribution in [2.75, 3.05) is 13.2 Å². The monoisotopic (exact) mass is 270 g/mol. The molecule has 0 aromatic rings. The fourth-order valence-corrected chi connectivity index (χ4v) is 3.03. The highest BCUT2D eigenvalue weighted by atomic mass is 16.3. The highest BCUT2D eigenvalue weighted by Crippen LogP contribution is 2.28. The van der Waals surface area contributed by atoms with Gasteiger partial charge in [0.15, 0.2) is 0 Å². The molecule has 0 heterocycles. The lowest BCUT2D eigenvalue weighted by Crippen LogP contribution is -2.52. The lowest BCUT2D eigenvalue weighted by atomic mass is 9.82. The summed E-state index contributed by atoms with van der Waals surface area (Å²) in [4.78, 5) is 12.0. The summed E-state index contributed by atoms with van der Waals surface area (Å²) in [5.74, 6) is 0.638. The van der Waals surface area contributed by atoms with Crippen molar-refractivity contribution in [1.29, 1.82) is 0 Å². The minimum atomic E-state index is -0.342. The number of aliphatic hydroxyl groups is 1. The Morgan fingerprint density at radius 1 is 1.32 bits per heavy atom. The van der Waals surface area contributed by atoms with Crippen LogP contribution in [0.3, 0.4) is 0 Å². The van der Waals surface area contributed by atoms with E-state index in [4.69, 9.17) is 5.73 Å². The molecule has 19 heavy (non-hydrogen) atoms. The molecule has 0 aliphatic heterocycles. The third-order valence-corrected chi connectivity index (χ3v) is 4.45. The van der Waals surface area contributed by atoms with Crippen LogP contribution in [0.2, 0.25) is 0 Å². The van der Waals surface area contributed by atoms with Crippen LogP contribution in [0, 0.1) is 5.92 Å². The lowest BCUT2D eigenvalue weighted by molar-refractivity contribution is -0.124. The zero-order valence-electron chi connectivity index (χ0n) is 12.3. The van der Waals surface area contributed by atoms with Gasteiger partial charge in [0.05, 0.1) is 12.1 Å². The first-order valence-corrected chi connectivity index (χ1v) is 7.77. The molecule has 0 radical (unpaired) electrons. The molecule has 1 amide bonds. The first-order valence-electron chi connectivity index (χ1n) is 7.77. The lowest BCUT2D eigenvalue weighted by Gasteiger charge is -2.36. The van der Waals surface area contributed by atoms with E-state index in [1.54, 1.807) is 0 Å². The highest BCUT2D eigenvalue weighted by Gasteiger charge is 2.32. The number of amides is 1. The van der Waals surface area contributed by atoms with E-state index in [9.17, 15) is 9.90 Å². The van der Waals surface area contributed by atoms with E-state index in [0.29, 0.717) is 18.9 Å². The predicted octanol–water partition coefficient (Wildman–Crippen LogP) is 1.95. The molecule has 1 fully saturated rings. The van der Waals surface area contributed by atoms with Crippen LogP contribution in [0.1, 0.15) is 64.7 Å². The van der Waals surface area contributed by atoms with Gasteiger partial charge in [0.25, 0.3) is 0 Å². The predicted molar refractivity (Wildman–Crippen MR) is 77.7 cm³/mol. The van der Waals surface area contributed by atoms with Crippen molar-refractivity contribution in [3.05, 3.63) is 0 Å². The molecule has 1 rings (SSSR count). The summed E-state index contributed by atoms with van der Waals surface area (Å²) in [7, 11) is 0. The molecule has 1 atom stereocenters. The van der Waals surface area contributed by atoms with Crippen molar-refractivity contribution >= 4 is 5.91 Å². The second-order valence-electron chi connectivity index (χ2n) is 5.94. The van der Waals surface area contributed by atoms with Crippen molar-refractivity contribution in [3.63, 3.8) is 0 Å². The number of carbonyl (C=O) groups excluding carboxylic acids is 1. The van der Waals surface area contributed by atoms with E-state index in [0.717, 1.165) is 44.9 Å². The normalized spacial score (nSPS) is 19.9. The molecule has 4 N–H and O–H groups in total. The first kappa shape index (κ1) is 16.4. The first-order chi connectivity index (χ1) is 9.15. The minimum Gasteiger partial charge on any atom is -0.394 e. The van der Waals surface area contributed by atoms with Crippen molar-refractivity contribution in [2.24, 2.45) is 11.7 Å². The summed E-state index contributed by atoms with van der Waals surface area (Å²) in [6, 6.07) is 0. The van der Waals surface area contributed by atoms with Gasteiger partial charge in [-0.2, -0.15) is 0 Å². The molecule has 0 saturated heterocycles. The van der Waals surface area contributed by atoms with Gasteiger partial charge in [0.1, 0.15) is 0 Å². The van der Waals surface area contributed by atoms with E-state index < -0.39 is 0 Å². The molecule has 1 unspecified atom stereocenters. The summed E-state index contributed by atoms with van der Waals surface area (Å²) in [5, 5.41) is 12.7. The largest absolute Gasteiger partial charge is 0.394 e. The van der Waals surface area contributed by atoms with Crippen LogP contribution < -0.4 is 11.1 Å². The van der Waals surface area contributed by atoms with Crippen molar-refractivity contribution in [1.82, 2.24) is 5.32 Å². The number of rotatable bonds is 8. The van der Waals surface area contributed by atoms with E-state index in [1.807, 2.05) is 0 Å². The summed E-state index contributed by atoms with van der Waals surface area (Å²) in [6.45, 7) is 2.91. The van der Waals surface area contributed by atoms with Crippen LogP contribution in [-0.2, 0) is 4.79 Å². The fourth-order valence-electron chi connectivity index (χ4n) is 3.03. The Hall–Kier alpha value is -0.610. The molecule has 0 aromatic carbocycles. The Kier molecular flexibility index (Phi) is 7.39. The van der Waals surface area contributed by atoms with Crippen molar-refractivity contribution < 1.29 is 9.90 Å². The third-order valence-electron chi connectivity index (χ3n) is 4.45. The Labute approximate surface area is 117 Å². The van der Waals surface area contributed by atoms with Crippen LogP contribution in [0.4, 0.5) is 0 Å². The van der Waals surface area contributed by atoms with E-state index in [2.05, 4.69) is 12.2 Å². The summed E-state index contributed by atoms with van der Waals surface area (Å²) >= 11 is 0. The maximum absolute atomic E-state index is 12.0. The van der Waals surface area contributed by atoms with Gasteiger partial charge in [0, 0.05) is 6.42 Å². The van der Waals surface area contributed by atoms with E-state index in [1.165, 1.54) is 6.42 Å². The number of nitrogens with one attached hydrogen (secondary N) is 1. The van der Waals surface area contributed by atoms with Crippen LogP contribution >= 0.6 is 0 Å². The molecule has 4 nitrogen and oxygen atoms in total. The maximum Gasteiger partial charge on any atom is 0.220 e. The standard InChI is InChI=1S/C15H30N2O2/c1-2-13(8-11-16)6-7-14(19)17-15(12-18)9-4-3-5-10-15/h13,18H,2-12,16H2,1H3,(H,17,19). The molecular weight excluding hydrogens is 240 g/mol. The van der Waals surface area contributed by atoms with Gasteiger partial charge in [-0.05, 0) is 38.1 Å². The average Bonchev–Trinajstić information content (AvgIpc) is 2.44. The van der Waals surface area contributed by atoms with Gasteiger partial charge in [-0.15, -0.1) is 0 Å². The third kappa shape index (κ3) is 5.49. The van der Waals surface area contributed by atoms with E-state index >= 15 is 0 Å². The molecule has 0 bridgehead atoms. The second kappa shape index (κ2) is 8.54. The van der Waals surface area contributed by atoms with E-state index in [-0.39, 0.29) is 18.1 Å². The quantitative estimate of drug-likeness (QED) is 0.631. The average molecular weight is 270 g/mol. The molecule has 1 saturated carbocycles. The molecule has 1 aliphatic carbocycles. The van der Waals surface area contributed by atoms with Crippen molar-refractivity contribution in [2.45, 2.75) is 70.3 Å². The smallest absolute Gasteiger partial charge is 0.220 e. The molecule has 112 valence electrons. The van der Waals surface area contributed by atoms with Gasteiger partial charge in [-0.1, -0.05) is 32.6 Å². The number of hydrogen-bond acceptors (Lipinski definition) is 3. The Balaban J connectivity index is 2.36. The Morgan fingerprint density at radius 2 is 2.00 bits per heavy atom. The maximum atomic E-state index is 12.0. The molecular formula is C15H30N2O2. The minimum absolute atomic E-state index is 0.0682. The molecule has 1 aliphatic rings. The SMILES string of the molecule is CCC(CCN)CCC(=O)NC1(CO)CCCCC1. The molecule has 4 heteroatoms. The highest BCUT2D eigenvalue weighted by molar-refractivity contribution is 5.76. The van der Waals surface area contributed by atoms with Crippen molar-refractivity contribution in [3.8, 4) is 0 Å². The summed E-state index contributed by atoms with van der Waals surface area (Å²) in [6.07, 6.45) is 8.78. The van der Waals surface area contributed by atoms with Gasteiger partial charge in [-0.25, -0.2) is 0 Å². The molecule has 0 spiro atoms. The number of aliphatic hydroxyl groups excluding tert-OH is 1. The van der Waals surface area contributed by atoms with Gasteiger partial charge >= 0.3 is 0 Å². The number of hydrogen-bond donors (Lipinski definition) is 3. The summed E-state index contributed by atoms with van der Waals surface area (Å²) in [5.41, 5.74) is 5.23.